The highest BCUT2D eigenvalue weighted by atomic mass is 16.5. The zero-order chi connectivity index (χ0) is 16.6. The monoisotopic (exact) mass is 316 g/mol. The second-order valence-corrected chi connectivity index (χ2v) is 6.85. The van der Waals surface area contributed by atoms with Gasteiger partial charge in [-0.1, -0.05) is 24.6 Å². The van der Waals surface area contributed by atoms with Gasteiger partial charge in [-0.15, -0.1) is 0 Å². The van der Waals surface area contributed by atoms with Crippen LogP contribution in [-0.2, 0) is 4.79 Å². The van der Waals surface area contributed by atoms with Crippen LogP contribution in [0.25, 0.3) is 0 Å². The summed E-state index contributed by atoms with van der Waals surface area (Å²) in [4.78, 5) is 12.4. The lowest BCUT2D eigenvalue weighted by Gasteiger charge is -2.35. The minimum atomic E-state index is -0.739. The molecule has 3 atom stereocenters. The summed E-state index contributed by atoms with van der Waals surface area (Å²) in [5.74, 6) is 0.809. The number of rotatable bonds is 4. The molecular weight excluding hydrogens is 292 g/mol. The average Bonchev–Trinajstić information content (AvgIpc) is 2.86. The molecule has 1 aromatic carbocycles. The van der Waals surface area contributed by atoms with E-state index in [1.165, 1.54) is 0 Å². The Hall–Kier alpha value is -1.65. The van der Waals surface area contributed by atoms with Gasteiger partial charge in [0.05, 0.1) is 19.3 Å². The molecule has 4 heteroatoms. The molecule has 2 N–H and O–H groups in total. The van der Waals surface area contributed by atoms with Gasteiger partial charge in [0, 0.05) is 18.3 Å². The van der Waals surface area contributed by atoms with E-state index < -0.39 is 6.10 Å². The van der Waals surface area contributed by atoms with E-state index in [9.17, 15) is 15.0 Å². The van der Waals surface area contributed by atoms with Crippen molar-refractivity contribution in [2.24, 2.45) is 5.41 Å². The Morgan fingerprint density at radius 1 is 1.39 bits per heavy atom. The Kier molecular flexibility index (Phi) is 4.30. The van der Waals surface area contributed by atoms with Crippen LogP contribution in [0, 0.1) is 5.41 Å². The van der Waals surface area contributed by atoms with Crippen molar-refractivity contribution in [1.29, 1.82) is 0 Å². The zero-order valence-corrected chi connectivity index (χ0v) is 13.7. The van der Waals surface area contributed by atoms with E-state index in [2.05, 4.69) is 0 Å². The van der Waals surface area contributed by atoms with Crippen LogP contribution >= 0.6 is 0 Å². The molecule has 0 amide bonds. The first-order valence-corrected chi connectivity index (χ1v) is 8.21. The molecule has 4 nitrogen and oxygen atoms in total. The summed E-state index contributed by atoms with van der Waals surface area (Å²) in [7, 11) is 1.59. The molecule has 1 saturated carbocycles. The average molecular weight is 316 g/mol. The number of methoxy groups -OCH3 is 1. The van der Waals surface area contributed by atoms with E-state index in [4.69, 9.17) is 4.74 Å². The number of Topliss-reactive ketones (excluding diaryl/α,β-unsaturated/α-hetero) is 1. The van der Waals surface area contributed by atoms with Gasteiger partial charge in [-0.05, 0) is 42.5 Å². The van der Waals surface area contributed by atoms with Crippen molar-refractivity contribution in [3.05, 3.63) is 41.0 Å². The van der Waals surface area contributed by atoms with Crippen molar-refractivity contribution >= 4 is 5.78 Å². The molecule has 1 unspecified atom stereocenters. The molecule has 0 aromatic heterocycles. The summed E-state index contributed by atoms with van der Waals surface area (Å²) in [6.45, 7) is 2.05. The molecule has 1 aromatic rings. The van der Waals surface area contributed by atoms with Crippen molar-refractivity contribution < 1.29 is 19.7 Å². The minimum absolute atomic E-state index is 0.119. The molecule has 0 saturated heterocycles. The predicted molar refractivity (Wildman–Crippen MR) is 87.2 cm³/mol. The van der Waals surface area contributed by atoms with Crippen LogP contribution in [0.3, 0.4) is 0 Å². The highest BCUT2D eigenvalue weighted by Crippen LogP contribution is 2.51. The smallest absolute Gasteiger partial charge is 0.158 e. The lowest BCUT2D eigenvalue weighted by molar-refractivity contribution is -0.117. The normalized spacial score (nSPS) is 28.7. The number of hydrogen-bond donors (Lipinski definition) is 2. The third-order valence-corrected chi connectivity index (χ3v) is 5.54. The number of benzene rings is 1. The Labute approximate surface area is 136 Å². The molecule has 0 spiro atoms. The molecule has 0 heterocycles. The number of ketones is 1. The second-order valence-electron chi connectivity index (χ2n) is 6.85. The van der Waals surface area contributed by atoms with Gasteiger partial charge in [0.1, 0.15) is 5.75 Å². The van der Waals surface area contributed by atoms with Gasteiger partial charge in [-0.3, -0.25) is 4.79 Å². The van der Waals surface area contributed by atoms with E-state index in [0.29, 0.717) is 31.4 Å². The number of ether oxygens (including phenoxy) is 1. The fraction of sp³-hybridized carbons (Fsp3) is 0.526. The number of carbonyl (C=O) groups is 1. The van der Waals surface area contributed by atoms with Crippen molar-refractivity contribution in [3.63, 3.8) is 0 Å². The summed E-state index contributed by atoms with van der Waals surface area (Å²) in [6.07, 6.45) is 1.81. The van der Waals surface area contributed by atoms with E-state index in [1.807, 2.05) is 25.1 Å². The maximum atomic E-state index is 12.4. The topological polar surface area (TPSA) is 66.8 Å². The maximum Gasteiger partial charge on any atom is 0.158 e. The van der Waals surface area contributed by atoms with Crippen molar-refractivity contribution in [2.75, 3.05) is 7.11 Å². The van der Waals surface area contributed by atoms with Crippen LogP contribution in [0.1, 0.15) is 50.7 Å². The van der Waals surface area contributed by atoms with Crippen molar-refractivity contribution in [1.82, 2.24) is 0 Å². The molecular formula is C19H24O4. The van der Waals surface area contributed by atoms with E-state index in [0.717, 1.165) is 23.1 Å². The molecule has 1 fully saturated rings. The van der Waals surface area contributed by atoms with Gasteiger partial charge in [0.15, 0.2) is 5.78 Å². The summed E-state index contributed by atoms with van der Waals surface area (Å²) in [6, 6.07) is 7.30. The number of aliphatic hydroxyl groups excluding tert-OH is 2. The maximum absolute atomic E-state index is 12.4. The number of aliphatic hydroxyl groups is 2. The van der Waals surface area contributed by atoms with Gasteiger partial charge in [0.25, 0.3) is 0 Å². The summed E-state index contributed by atoms with van der Waals surface area (Å²) >= 11 is 0. The molecule has 0 aliphatic heterocycles. The lowest BCUT2D eigenvalue weighted by atomic mass is 9.70. The summed E-state index contributed by atoms with van der Waals surface area (Å²) in [5, 5.41) is 20.9. The Morgan fingerprint density at radius 2 is 2.17 bits per heavy atom. The van der Waals surface area contributed by atoms with Crippen LogP contribution in [0.2, 0.25) is 0 Å². The predicted octanol–water partition coefficient (Wildman–Crippen LogP) is 2.94. The SMILES string of the molecule is COc1cccc(C(O)CC2=C3CC[C@@H](O)[C@]3(C)CCC2=O)c1. The zero-order valence-electron chi connectivity index (χ0n) is 13.7. The quantitative estimate of drug-likeness (QED) is 0.896. The molecule has 23 heavy (non-hydrogen) atoms. The van der Waals surface area contributed by atoms with Crippen molar-refractivity contribution in [2.45, 2.75) is 51.2 Å². The third-order valence-electron chi connectivity index (χ3n) is 5.54. The van der Waals surface area contributed by atoms with Gasteiger partial charge in [-0.25, -0.2) is 0 Å². The Bertz CT molecular complexity index is 649. The van der Waals surface area contributed by atoms with Crippen LogP contribution in [0.5, 0.6) is 5.75 Å². The highest BCUT2D eigenvalue weighted by Gasteiger charge is 2.46. The fourth-order valence-corrected chi connectivity index (χ4v) is 3.99. The number of carbonyl (C=O) groups excluding carboxylic acids is 1. The molecule has 2 aliphatic rings. The molecule has 0 radical (unpaired) electrons. The molecule has 3 rings (SSSR count). The summed E-state index contributed by atoms with van der Waals surface area (Å²) in [5.41, 5.74) is 2.24. The van der Waals surface area contributed by atoms with E-state index in [-0.39, 0.29) is 17.3 Å². The number of hydrogen-bond acceptors (Lipinski definition) is 4. The van der Waals surface area contributed by atoms with Gasteiger partial charge in [-0.2, -0.15) is 0 Å². The molecule has 124 valence electrons. The Morgan fingerprint density at radius 3 is 2.91 bits per heavy atom. The Balaban J connectivity index is 1.89. The van der Waals surface area contributed by atoms with Crippen LogP contribution < -0.4 is 4.74 Å². The second kappa shape index (κ2) is 6.10. The van der Waals surface area contributed by atoms with Crippen LogP contribution in [-0.4, -0.2) is 29.2 Å². The van der Waals surface area contributed by atoms with E-state index >= 15 is 0 Å². The first kappa shape index (κ1) is 16.2. The van der Waals surface area contributed by atoms with Gasteiger partial charge >= 0.3 is 0 Å². The van der Waals surface area contributed by atoms with Crippen LogP contribution in [0.15, 0.2) is 35.4 Å². The number of fused-ring (bicyclic) bond motifs is 1. The lowest BCUT2D eigenvalue weighted by Crippen LogP contribution is -2.33. The minimum Gasteiger partial charge on any atom is -0.497 e. The molecule has 0 bridgehead atoms. The van der Waals surface area contributed by atoms with Crippen molar-refractivity contribution in [3.8, 4) is 5.75 Å². The summed E-state index contributed by atoms with van der Waals surface area (Å²) < 4.78 is 5.19. The largest absolute Gasteiger partial charge is 0.497 e. The van der Waals surface area contributed by atoms with E-state index in [1.54, 1.807) is 13.2 Å². The third kappa shape index (κ3) is 2.81. The van der Waals surface area contributed by atoms with Crippen LogP contribution in [0.4, 0.5) is 0 Å². The first-order chi connectivity index (χ1) is 11.0. The standard InChI is InChI=1S/C19H24O4/c1-19-9-8-16(20)14(15(19)6-7-18(19)22)11-17(21)12-4-3-5-13(10-12)23-2/h3-5,10,17-18,21-22H,6-9,11H2,1-2H3/t17?,18-,19-/m1/s1. The fourth-order valence-electron chi connectivity index (χ4n) is 3.99. The molecule has 2 aliphatic carbocycles. The highest BCUT2D eigenvalue weighted by molar-refractivity contribution is 5.97. The van der Waals surface area contributed by atoms with Gasteiger partial charge < -0.3 is 14.9 Å². The first-order valence-electron chi connectivity index (χ1n) is 8.21. The van der Waals surface area contributed by atoms with Gasteiger partial charge in [0.2, 0.25) is 0 Å².